The van der Waals surface area contributed by atoms with E-state index in [4.69, 9.17) is 5.11 Å². The predicted octanol–water partition coefficient (Wildman–Crippen LogP) is 1.05. The number of benzene rings is 1. The summed E-state index contributed by atoms with van der Waals surface area (Å²) in [5.74, 6) is -2.61. The maximum Gasteiger partial charge on any atom is 0.391 e. The lowest BCUT2D eigenvalue weighted by Gasteiger charge is -2.16. The topological polar surface area (TPSA) is 113 Å². The average Bonchev–Trinajstić information content (AvgIpc) is 2.51. The molecule has 0 aliphatic rings. The first-order valence-corrected chi connectivity index (χ1v) is 8.54. The number of carboxylic acid groups (broad SMARTS) is 1. The maximum absolute atomic E-state index is 12.3. The van der Waals surface area contributed by atoms with E-state index in [9.17, 15) is 31.2 Å². The van der Waals surface area contributed by atoms with E-state index in [0.29, 0.717) is 5.56 Å². The van der Waals surface area contributed by atoms with Gasteiger partial charge in [0.15, 0.2) is 0 Å². The highest BCUT2D eigenvalue weighted by molar-refractivity contribution is 7.89. The summed E-state index contributed by atoms with van der Waals surface area (Å²) in [5.41, 5.74) is 0.577. The van der Waals surface area contributed by atoms with Gasteiger partial charge in [-0.05, 0) is 31.2 Å². The van der Waals surface area contributed by atoms with Gasteiger partial charge in [0.2, 0.25) is 15.9 Å². The Morgan fingerprint density at radius 3 is 2.20 bits per heavy atom. The van der Waals surface area contributed by atoms with Crippen LogP contribution in [0, 0.1) is 0 Å². The predicted molar refractivity (Wildman–Crippen MR) is 81.2 cm³/mol. The van der Waals surface area contributed by atoms with Crippen LogP contribution in [0.1, 0.15) is 18.4 Å². The van der Waals surface area contributed by atoms with E-state index in [1.54, 1.807) is 0 Å². The third-order valence-electron chi connectivity index (χ3n) is 3.21. The molecule has 0 aliphatic heterocycles. The number of carbonyl (C=O) groups is 2. The molecule has 1 amide bonds. The Hall–Kier alpha value is -2.14. The van der Waals surface area contributed by atoms with Crippen molar-refractivity contribution in [1.82, 2.24) is 10.0 Å². The first kappa shape index (κ1) is 20.9. The van der Waals surface area contributed by atoms with Crippen LogP contribution in [0.5, 0.6) is 0 Å². The number of carbonyl (C=O) groups excluding carboxylic acids is 1. The second-order valence-electron chi connectivity index (χ2n) is 5.13. The third kappa shape index (κ3) is 7.10. The second-order valence-corrected chi connectivity index (χ2v) is 7.02. The van der Waals surface area contributed by atoms with Crippen molar-refractivity contribution in [3.8, 4) is 0 Å². The number of nitrogens with one attached hydrogen (secondary N) is 2. The molecule has 3 N–H and O–H groups in total. The van der Waals surface area contributed by atoms with Gasteiger partial charge in [-0.1, -0.05) is 12.1 Å². The lowest BCUT2D eigenvalue weighted by Crippen LogP contribution is -2.43. The Bertz CT molecular complexity index is 717. The van der Waals surface area contributed by atoms with Crippen LogP contribution in [0.25, 0.3) is 0 Å². The van der Waals surface area contributed by atoms with Crippen LogP contribution < -0.4 is 10.0 Å². The van der Waals surface area contributed by atoms with Crippen LogP contribution >= 0.6 is 0 Å². The minimum Gasteiger partial charge on any atom is -0.480 e. The van der Waals surface area contributed by atoms with Gasteiger partial charge in [-0.25, -0.2) is 17.9 Å². The minimum atomic E-state index is -4.72. The summed E-state index contributed by atoms with van der Waals surface area (Å²) in [6.07, 6.45) is -6.50. The summed E-state index contributed by atoms with van der Waals surface area (Å²) in [7, 11) is -2.33. The van der Waals surface area contributed by atoms with Crippen molar-refractivity contribution in [1.29, 1.82) is 0 Å². The van der Waals surface area contributed by atoms with Gasteiger partial charge in [-0.3, -0.25) is 4.79 Å². The number of hydrogen-bond donors (Lipinski definition) is 3. The van der Waals surface area contributed by atoms with Crippen molar-refractivity contribution in [3.63, 3.8) is 0 Å². The van der Waals surface area contributed by atoms with Crippen molar-refractivity contribution in [2.75, 3.05) is 7.05 Å². The van der Waals surface area contributed by atoms with Crippen LogP contribution in [-0.4, -0.2) is 44.7 Å². The fourth-order valence-electron chi connectivity index (χ4n) is 1.91. The summed E-state index contributed by atoms with van der Waals surface area (Å²) in [6.45, 7) is 0. The Labute approximate surface area is 142 Å². The SMILES string of the molecule is CNS(=O)(=O)c1ccc(CCC(=O)NC(CC(F)(F)F)C(=O)O)cc1. The molecule has 0 fully saturated rings. The second kappa shape index (κ2) is 8.30. The molecule has 0 bridgehead atoms. The number of hydrogen-bond acceptors (Lipinski definition) is 4. The van der Waals surface area contributed by atoms with Crippen molar-refractivity contribution in [2.24, 2.45) is 0 Å². The van der Waals surface area contributed by atoms with Gasteiger partial charge in [-0.2, -0.15) is 13.2 Å². The van der Waals surface area contributed by atoms with Crippen LogP contribution in [0.3, 0.4) is 0 Å². The number of aliphatic carboxylic acids is 1. The number of alkyl halides is 3. The molecule has 1 aromatic carbocycles. The fraction of sp³-hybridized carbons (Fsp3) is 0.429. The van der Waals surface area contributed by atoms with Crippen molar-refractivity contribution in [2.45, 2.75) is 36.4 Å². The van der Waals surface area contributed by atoms with E-state index in [0.717, 1.165) is 0 Å². The molecule has 0 aliphatic carbocycles. The number of halogens is 3. The van der Waals surface area contributed by atoms with E-state index in [1.165, 1.54) is 31.3 Å². The summed E-state index contributed by atoms with van der Waals surface area (Å²) in [5, 5.41) is 10.5. The summed E-state index contributed by atoms with van der Waals surface area (Å²) in [6, 6.07) is 3.52. The molecule has 140 valence electrons. The van der Waals surface area contributed by atoms with Crippen molar-refractivity contribution >= 4 is 21.9 Å². The largest absolute Gasteiger partial charge is 0.480 e. The van der Waals surface area contributed by atoms with Gasteiger partial charge < -0.3 is 10.4 Å². The zero-order valence-electron chi connectivity index (χ0n) is 13.1. The first-order valence-electron chi connectivity index (χ1n) is 7.06. The van der Waals surface area contributed by atoms with Crippen LogP contribution in [0.15, 0.2) is 29.2 Å². The zero-order valence-corrected chi connectivity index (χ0v) is 13.9. The quantitative estimate of drug-likeness (QED) is 0.622. The van der Waals surface area contributed by atoms with Gasteiger partial charge in [0.1, 0.15) is 6.04 Å². The summed E-state index contributed by atoms with van der Waals surface area (Å²) in [4.78, 5) is 22.4. The summed E-state index contributed by atoms with van der Waals surface area (Å²) < 4.78 is 62.0. The molecule has 0 heterocycles. The molecule has 0 saturated carbocycles. The Morgan fingerprint density at radius 1 is 1.20 bits per heavy atom. The number of amides is 1. The zero-order chi connectivity index (χ0) is 19.3. The Balaban J connectivity index is 2.62. The summed E-state index contributed by atoms with van der Waals surface area (Å²) >= 11 is 0. The molecule has 25 heavy (non-hydrogen) atoms. The molecule has 11 heteroatoms. The number of carboxylic acids is 1. The highest BCUT2D eigenvalue weighted by Gasteiger charge is 2.36. The first-order chi connectivity index (χ1) is 11.4. The monoisotopic (exact) mass is 382 g/mol. The van der Waals surface area contributed by atoms with E-state index in [2.05, 4.69) is 4.72 Å². The van der Waals surface area contributed by atoms with Gasteiger partial charge >= 0.3 is 12.1 Å². The maximum atomic E-state index is 12.3. The molecule has 1 rings (SSSR count). The standard InChI is InChI=1S/C14H17F3N2O5S/c1-18-25(23,24)10-5-2-9(3-6-10)4-7-12(20)19-11(13(21)22)8-14(15,16)17/h2-3,5-6,11,18H,4,7-8H2,1H3,(H,19,20)(H,21,22). The Kier molecular flexibility index (Phi) is 6.94. The van der Waals surface area contributed by atoms with Crippen LogP contribution in [0.2, 0.25) is 0 Å². The lowest BCUT2D eigenvalue weighted by molar-refractivity contribution is -0.160. The van der Waals surface area contributed by atoms with E-state index in [1.807, 2.05) is 5.32 Å². The highest BCUT2D eigenvalue weighted by atomic mass is 32.2. The van der Waals surface area contributed by atoms with Gasteiger partial charge in [-0.15, -0.1) is 0 Å². The smallest absolute Gasteiger partial charge is 0.391 e. The molecule has 0 saturated heterocycles. The van der Waals surface area contributed by atoms with Gasteiger partial charge in [0.05, 0.1) is 11.3 Å². The number of aryl methyl sites for hydroxylation is 1. The van der Waals surface area contributed by atoms with E-state index < -0.39 is 40.5 Å². The van der Waals surface area contributed by atoms with E-state index in [-0.39, 0.29) is 17.7 Å². The molecular weight excluding hydrogens is 365 g/mol. The van der Waals surface area contributed by atoms with Crippen molar-refractivity contribution in [3.05, 3.63) is 29.8 Å². The van der Waals surface area contributed by atoms with Gasteiger partial charge in [0.25, 0.3) is 0 Å². The van der Waals surface area contributed by atoms with Crippen LogP contribution in [-0.2, 0) is 26.0 Å². The molecule has 1 unspecified atom stereocenters. The molecule has 1 aromatic rings. The lowest BCUT2D eigenvalue weighted by atomic mass is 10.1. The normalized spacial score (nSPS) is 13.3. The molecular formula is C14H17F3N2O5S. The van der Waals surface area contributed by atoms with Crippen LogP contribution in [0.4, 0.5) is 13.2 Å². The molecule has 7 nitrogen and oxygen atoms in total. The third-order valence-corrected chi connectivity index (χ3v) is 4.64. The minimum absolute atomic E-state index is 0.0271. The number of rotatable bonds is 8. The average molecular weight is 382 g/mol. The molecule has 1 atom stereocenters. The molecule has 0 radical (unpaired) electrons. The van der Waals surface area contributed by atoms with Crippen molar-refractivity contribution < 1.29 is 36.3 Å². The fourth-order valence-corrected chi connectivity index (χ4v) is 2.64. The van der Waals surface area contributed by atoms with Gasteiger partial charge in [0, 0.05) is 6.42 Å². The van der Waals surface area contributed by atoms with E-state index >= 15 is 0 Å². The number of sulfonamides is 1. The molecule has 0 spiro atoms. The highest BCUT2D eigenvalue weighted by Crippen LogP contribution is 2.21. The Morgan fingerprint density at radius 2 is 1.76 bits per heavy atom. The molecule has 0 aromatic heterocycles.